The minimum Gasteiger partial charge on any atom is -0.503 e. The van der Waals surface area contributed by atoms with E-state index >= 15 is 0 Å². The summed E-state index contributed by atoms with van der Waals surface area (Å²) in [6.07, 6.45) is 0. The van der Waals surface area contributed by atoms with Gasteiger partial charge in [-0.25, -0.2) is 4.39 Å². The molecule has 0 saturated carbocycles. The van der Waals surface area contributed by atoms with Crippen molar-refractivity contribution in [1.82, 2.24) is 9.80 Å². The summed E-state index contributed by atoms with van der Waals surface area (Å²) in [7, 11) is 0. The number of carbonyl (C=O) groups excluding carboxylic acids is 2. The number of benzene rings is 1. The van der Waals surface area contributed by atoms with E-state index in [0.717, 1.165) is 13.1 Å². The molecule has 0 bridgehead atoms. The number of rotatable bonds is 7. The first-order chi connectivity index (χ1) is 11.4. The molecule has 6 heteroatoms. The highest BCUT2D eigenvalue weighted by Crippen LogP contribution is 2.37. The SMILES string of the molecule is CCN(CC)CCN1C(=O)C(O)=C(C(C)=O)C1c1cccc(F)c1. The minimum absolute atomic E-state index is 0.0325. The highest BCUT2D eigenvalue weighted by Gasteiger charge is 2.42. The molecule has 1 N–H and O–H groups in total. The van der Waals surface area contributed by atoms with E-state index in [-0.39, 0.29) is 11.4 Å². The van der Waals surface area contributed by atoms with E-state index in [1.54, 1.807) is 6.07 Å². The van der Waals surface area contributed by atoms with Gasteiger partial charge in [-0.3, -0.25) is 9.59 Å². The Bertz CT molecular complexity index is 668. The van der Waals surface area contributed by atoms with E-state index in [9.17, 15) is 19.1 Å². The Labute approximate surface area is 141 Å². The smallest absolute Gasteiger partial charge is 0.290 e. The van der Waals surface area contributed by atoms with Crippen LogP contribution in [0.2, 0.25) is 0 Å². The van der Waals surface area contributed by atoms with Crippen LogP contribution < -0.4 is 0 Å². The maximum Gasteiger partial charge on any atom is 0.290 e. The van der Waals surface area contributed by atoms with Gasteiger partial charge in [-0.15, -0.1) is 0 Å². The van der Waals surface area contributed by atoms with Gasteiger partial charge < -0.3 is 14.9 Å². The van der Waals surface area contributed by atoms with Gasteiger partial charge in [0.1, 0.15) is 5.82 Å². The number of nitrogens with zero attached hydrogens (tertiary/aromatic N) is 2. The maximum atomic E-state index is 13.6. The second-order valence-electron chi connectivity index (χ2n) is 5.80. The van der Waals surface area contributed by atoms with E-state index in [4.69, 9.17) is 0 Å². The molecule has 1 aliphatic rings. The fourth-order valence-corrected chi connectivity index (χ4v) is 3.06. The van der Waals surface area contributed by atoms with Crippen molar-refractivity contribution in [2.45, 2.75) is 26.8 Å². The zero-order chi connectivity index (χ0) is 17.9. The van der Waals surface area contributed by atoms with Crippen molar-refractivity contribution in [2.24, 2.45) is 0 Å². The molecule has 0 spiro atoms. The molecule has 2 rings (SSSR count). The molecular weight excluding hydrogens is 311 g/mol. The molecular formula is C18H23FN2O3. The number of aliphatic hydroxyl groups is 1. The largest absolute Gasteiger partial charge is 0.503 e. The van der Waals surface area contributed by atoms with Crippen molar-refractivity contribution in [3.05, 3.63) is 47.0 Å². The molecule has 1 atom stereocenters. The molecule has 5 nitrogen and oxygen atoms in total. The van der Waals surface area contributed by atoms with Gasteiger partial charge in [0.05, 0.1) is 11.6 Å². The molecule has 0 aliphatic carbocycles. The molecule has 1 amide bonds. The van der Waals surface area contributed by atoms with Crippen molar-refractivity contribution in [1.29, 1.82) is 0 Å². The molecule has 130 valence electrons. The number of hydrogen-bond donors (Lipinski definition) is 1. The molecule has 1 heterocycles. The molecule has 1 aromatic rings. The van der Waals surface area contributed by atoms with Crippen LogP contribution in [-0.2, 0) is 9.59 Å². The Morgan fingerprint density at radius 1 is 1.33 bits per heavy atom. The lowest BCUT2D eigenvalue weighted by molar-refractivity contribution is -0.129. The molecule has 0 radical (unpaired) electrons. The summed E-state index contributed by atoms with van der Waals surface area (Å²) in [6.45, 7) is 7.99. The lowest BCUT2D eigenvalue weighted by Crippen LogP contribution is -2.38. The van der Waals surface area contributed by atoms with Gasteiger partial charge >= 0.3 is 0 Å². The van der Waals surface area contributed by atoms with Gasteiger partial charge in [-0.05, 0) is 37.7 Å². The van der Waals surface area contributed by atoms with Crippen LogP contribution in [0.5, 0.6) is 0 Å². The molecule has 1 unspecified atom stereocenters. The third-order valence-corrected chi connectivity index (χ3v) is 4.40. The summed E-state index contributed by atoms with van der Waals surface area (Å²) in [5.74, 6) is -1.95. The third-order valence-electron chi connectivity index (χ3n) is 4.40. The summed E-state index contributed by atoms with van der Waals surface area (Å²) in [5, 5.41) is 10.1. The van der Waals surface area contributed by atoms with Crippen molar-refractivity contribution in [3.8, 4) is 0 Å². The first kappa shape index (κ1) is 18.1. The molecule has 0 fully saturated rings. The van der Waals surface area contributed by atoms with E-state index in [0.29, 0.717) is 18.7 Å². The number of amides is 1. The second kappa shape index (κ2) is 7.57. The Morgan fingerprint density at radius 3 is 2.54 bits per heavy atom. The number of hydrogen-bond acceptors (Lipinski definition) is 4. The Kier molecular flexibility index (Phi) is 5.72. The lowest BCUT2D eigenvalue weighted by Gasteiger charge is -2.29. The standard InChI is InChI=1S/C18H23FN2O3/c1-4-20(5-2)9-10-21-16(13-7-6-8-14(19)11-13)15(12(3)22)17(23)18(21)24/h6-8,11,16,23H,4-5,9-10H2,1-3H3. The van der Waals surface area contributed by atoms with Crippen LogP contribution in [0, 0.1) is 5.82 Å². The predicted molar refractivity (Wildman–Crippen MR) is 89.0 cm³/mol. The van der Waals surface area contributed by atoms with Crippen LogP contribution >= 0.6 is 0 Å². The summed E-state index contributed by atoms with van der Waals surface area (Å²) in [6, 6.07) is 5.04. The first-order valence-corrected chi connectivity index (χ1v) is 8.13. The number of ketones is 1. The third kappa shape index (κ3) is 3.48. The number of halogens is 1. The molecule has 1 aliphatic heterocycles. The Morgan fingerprint density at radius 2 is 2.00 bits per heavy atom. The van der Waals surface area contributed by atoms with Crippen LogP contribution in [0.4, 0.5) is 4.39 Å². The van der Waals surface area contributed by atoms with Crippen molar-refractivity contribution < 1.29 is 19.1 Å². The number of Topliss-reactive ketones (excluding diaryl/α,β-unsaturated/α-hetero) is 1. The summed E-state index contributed by atoms with van der Waals surface area (Å²) < 4.78 is 13.6. The lowest BCUT2D eigenvalue weighted by atomic mass is 9.96. The zero-order valence-corrected chi connectivity index (χ0v) is 14.3. The fourth-order valence-electron chi connectivity index (χ4n) is 3.06. The Balaban J connectivity index is 2.38. The van der Waals surface area contributed by atoms with Crippen molar-refractivity contribution in [2.75, 3.05) is 26.2 Å². The van der Waals surface area contributed by atoms with E-state index in [1.165, 1.54) is 30.0 Å². The monoisotopic (exact) mass is 334 g/mol. The maximum absolute atomic E-state index is 13.6. The van der Waals surface area contributed by atoms with E-state index < -0.39 is 23.5 Å². The van der Waals surface area contributed by atoms with Crippen molar-refractivity contribution >= 4 is 11.7 Å². The average Bonchev–Trinajstić information content (AvgIpc) is 2.80. The predicted octanol–water partition coefficient (Wildman–Crippen LogP) is 2.45. The van der Waals surface area contributed by atoms with Crippen molar-refractivity contribution in [3.63, 3.8) is 0 Å². The summed E-state index contributed by atoms with van der Waals surface area (Å²) in [5.41, 5.74) is 0.516. The zero-order valence-electron chi connectivity index (χ0n) is 14.3. The highest BCUT2D eigenvalue weighted by atomic mass is 19.1. The van der Waals surface area contributed by atoms with Crippen LogP contribution in [0.1, 0.15) is 32.4 Å². The van der Waals surface area contributed by atoms with Gasteiger partial charge in [0.2, 0.25) is 0 Å². The van der Waals surface area contributed by atoms with Gasteiger partial charge in [-0.2, -0.15) is 0 Å². The molecule has 1 aromatic carbocycles. The topological polar surface area (TPSA) is 60.9 Å². The Hall–Kier alpha value is -2.21. The van der Waals surface area contributed by atoms with Gasteiger partial charge in [0, 0.05) is 13.1 Å². The second-order valence-corrected chi connectivity index (χ2v) is 5.80. The molecule has 24 heavy (non-hydrogen) atoms. The number of likely N-dealkylation sites (N-methyl/N-ethyl adjacent to an activating group) is 1. The molecule has 0 saturated heterocycles. The van der Waals surface area contributed by atoms with Gasteiger partial charge in [0.25, 0.3) is 5.91 Å². The number of aliphatic hydroxyl groups excluding tert-OH is 1. The summed E-state index contributed by atoms with van der Waals surface area (Å²) in [4.78, 5) is 28.0. The van der Waals surface area contributed by atoms with Crippen LogP contribution in [0.3, 0.4) is 0 Å². The van der Waals surface area contributed by atoms with Crippen LogP contribution in [-0.4, -0.2) is 52.8 Å². The average molecular weight is 334 g/mol. The van der Waals surface area contributed by atoms with Crippen LogP contribution in [0.25, 0.3) is 0 Å². The van der Waals surface area contributed by atoms with Crippen LogP contribution in [0.15, 0.2) is 35.6 Å². The van der Waals surface area contributed by atoms with E-state index in [2.05, 4.69) is 4.90 Å². The fraction of sp³-hybridized carbons (Fsp3) is 0.444. The van der Waals surface area contributed by atoms with E-state index in [1.807, 2.05) is 13.8 Å². The first-order valence-electron chi connectivity index (χ1n) is 8.13. The normalized spacial score (nSPS) is 18.0. The molecule has 0 aromatic heterocycles. The number of carbonyl (C=O) groups is 2. The highest BCUT2D eigenvalue weighted by molar-refractivity contribution is 6.08. The summed E-state index contributed by atoms with van der Waals surface area (Å²) >= 11 is 0. The quantitative estimate of drug-likeness (QED) is 0.832. The van der Waals surface area contributed by atoms with Gasteiger partial charge in [-0.1, -0.05) is 26.0 Å². The van der Waals surface area contributed by atoms with Gasteiger partial charge in [0.15, 0.2) is 11.5 Å². The minimum atomic E-state index is -0.749.